The van der Waals surface area contributed by atoms with Crippen LogP contribution >= 0.6 is 0 Å². The number of hydrogen-bond donors (Lipinski definition) is 0. The minimum absolute atomic E-state index is 0.920. The van der Waals surface area contributed by atoms with Crippen molar-refractivity contribution in [1.82, 2.24) is 0 Å². The fourth-order valence-electron chi connectivity index (χ4n) is 9.88. The molecular weight excluding hydrogens is 665 g/mol. The summed E-state index contributed by atoms with van der Waals surface area (Å²) in [5.41, 5.74) is 8.97. The summed E-state index contributed by atoms with van der Waals surface area (Å²) in [5, 5.41) is 20.0. The van der Waals surface area contributed by atoms with Gasteiger partial charge in [0.05, 0.1) is 0 Å². The van der Waals surface area contributed by atoms with Crippen LogP contribution < -0.4 is 0 Å². The van der Waals surface area contributed by atoms with Gasteiger partial charge in [-0.15, -0.1) is 0 Å². The molecule has 13 aromatic rings. The number of fused-ring (bicyclic) bond motifs is 5. The zero-order valence-corrected chi connectivity index (χ0v) is 29.7. The van der Waals surface area contributed by atoms with E-state index >= 15 is 0 Å². The molecule has 0 atom stereocenters. The number of furan rings is 1. The van der Waals surface area contributed by atoms with Gasteiger partial charge in [0.15, 0.2) is 0 Å². The van der Waals surface area contributed by atoms with Crippen molar-refractivity contribution in [2.75, 3.05) is 0 Å². The summed E-state index contributed by atoms with van der Waals surface area (Å²) >= 11 is 0. The maximum absolute atomic E-state index is 7.20. The average Bonchev–Trinajstić information content (AvgIpc) is 3.64. The average molecular weight is 695 g/mol. The van der Waals surface area contributed by atoms with Crippen molar-refractivity contribution in [3.05, 3.63) is 182 Å². The first-order valence-electron chi connectivity index (χ1n) is 19.1. The van der Waals surface area contributed by atoms with E-state index in [-0.39, 0.29) is 0 Å². The Bertz CT molecular complexity index is 3670. The highest BCUT2D eigenvalue weighted by molar-refractivity contribution is 6.29. The summed E-state index contributed by atoms with van der Waals surface area (Å²) in [5.74, 6) is 0. The Morgan fingerprint density at radius 3 is 1.40 bits per heavy atom. The molecule has 0 aliphatic heterocycles. The summed E-state index contributed by atoms with van der Waals surface area (Å²) in [7, 11) is 0. The van der Waals surface area contributed by atoms with Gasteiger partial charge in [0.2, 0.25) is 0 Å². The molecule has 0 aliphatic rings. The van der Waals surface area contributed by atoms with Crippen LogP contribution in [0.5, 0.6) is 0 Å². The second-order valence-corrected chi connectivity index (χ2v) is 15.1. The van der Waals surface area contributed by atoms with E-state index in [1.807, 2.05) is 0 Å². The van der Waals surface area contributed by atoms with Gasteiger partial charge in [-0.3, -0.25) is 0 Å². The van der Waals surface area contributed by atoms with Crippen molar-refractivity contribution >= 4 is 97.3 Å². The molecule has 0 spiro atoms. The topological polar surface area (TPSA) is 13.1 Å². The predicted molar refractivity (Wildman–Crippen MR) is 235 cm³/mol. The lowest BCUT2D eigenvalue weighted by Gasteiger charge is -2.17. The van der Waals surface area contributed by atoms with E-state index in [1.165, 1.54) is 97.8 Å². The Hall–Kier alpha value is -7.22. The second-order valence-electron chi connectivity index (χ2n) is 15.1. The molecule has 1 heterocycles. The van der Waals surface area contributed by atoms with E-state index in [9.17, 15) is 0 Å². The van der Waals surface area contributed by atoms with Crippen LogP contribution in [0.25, 0.3) is 131 Å². The number of rotatable bonds is 3. The number of benzene rings is 12. The lowest BCUT2D eigenvalue weighted by molar-refractivity contribution is 0.674. The monoisotopic (exact) mass is 694 g/mol. The molecule has 0 saturated heterocycles. The molecule has 0 unspecified atom stereocenters. The quantitative estimate of drug-likeness (QED) is 0.168. The Labute approximate surface area is 315 Å². The van der Waals surface area contributed by atoms with Crippen LogP contribution in [-0.4, -0.2) is 0 Å². The van der Waals surface area contributed by atoms with Gasteiger partial charge in [0.25, 0.3) is 0 Å². The molecule has 1 nitrogen and oxygen atoms in total. The maximum atomic E-state index is 7.20. The third-order valence-corrected chi connectivity index (χ3v) is 12.3. The van der Waals surface area contributed by atoms with Crippen molar-refractivity contribution in [3.8, 4) is 33.4 Å². The first-order chi connectivity index (χ1) is 27.3. The standard InChI is InChI=1S/C54H30O/c1-2-7-31(8-3-1)39-13-6-14-45-41(39)27-28-46-48-30-38(40-23-19-36-17-15-32-9-4-11-34-21-25-43(40)51(36)49(32)34)29-47(54(48)55-53(45)46)42-24-20-37-18-16-33-10-5-12-35-22-26-44(42)52(37)50(33)35/h1-30H. The molecule has 0 bridgehead atoms. The van der Waals surface area contributed by atoms with E-state index in [0.29, 0.717) is 0 Å². The molecule has 1 heteroatoms. The van der Waals surface area contributed by atoms with Crippen LogP contribution in [0, 0.1) is 0 Å². The smallest absolute Gasteiger partial charge is 0.143 e. The highest BCUT2D eigenvalue weighted by atomic mass is 16.3. The second kappa shape index (κ2) is 10.7. The first-order valence-corrected chi connectivity index (χ1v) is 19.1. The molecule has 0 aliphatic carbocycles. The summed E-state index contributed by atoms with van der Waals surface area (Å²) in [4.78, 5) is 0. The van der Waals surface area contributed by atoms with E-state index < -0.39 is 0 Å². The third kappa shape index (κ3) is 3.97. The Kier molecular flexibility index (Phi) is 5.69. The van der Waals surface area contributed by atoms with Gasteiger partial charge in [0, 0.05) is 21.7 Å². The Morgan fingerprint density at radius 2 is 0.727 bits per heavy atom. The molecule has 0 radical (unpaired) electrons. The van der Waals surface area contributed by atoms with Crippen molar-refractivity contribution in [3.63, 3.8) is 0 Å². The van der Waals surface area contributed by atoms with E-state index in [4.69, 9.17) is 4.42 Å². The molecule has 252 valence electrons. The third-order valence-electron chi connectivity index (χ3n) is 12.3. The molecule has 12 aromatic carbocycles. The highest BCUT2D eigenvalue weighted by Gasteiger charge is 2.22. The summed E-state index contributed by atoms with van der Waals surface area (Å²) in [6.07, 6.45) is 0. The van der Waals surface area contributed by atoms with Gasteiger partial charge >= 0.3 is 0 Å². The zero-order chi connectivity index (χ0) is 35.8. The largest absolute Gasteiger partial charge is 0.455 e. The molecule has 13 rings (SSSR count). The summed E-state index contributed by atoms with van der Waals surface area (Å²) in [6, 6.07) is 67.3. The van der Waals surface area contributed by atoms with E-state index in [0.717, 1.165) is 32.9 Å². The minimum Gasteiger partial charge on any atom is -0.455 e. The zero-order valence-electron chi connectivity index (χ0n) is 29.7. The molecule has 0 saturated carbocycles. The molecule has 55 heavy (non-hydrogen) atoms. The SMILES string of the molecule is c1ccc(-c2cccc3c2ccc2c4cc(-c5ccc6ccc7cccc8ccc5c6c78)cc(-c5ccc6ccc7cccc8ccc5c6c78)c4oc32)cc1. The summed E-state index contributed by atoms with van der Waals surface area (Å²) < 4.78 is 7.20. The summed E-state index contributed by atoms with van der Waals surface area (Å²) in [6.45, 7) is 0. The van der Waals surface area contributed by atoms with Crippen molar-refractivity contribution in [2.45, 2.75) is 0 Å². The Morgan fingerprint density at radius 1 is 0.236 bits per heavy atom. The fraction of sp³-hybridized carbons (Fsp3) is 0. The normalized spacial score (nSPS) is 12.4. The van der Waals surface area contributed by atoms with Crippen LogP contribution in [0.3, 0.4) is 0 Å². The molecule has 0 fully saturated rings. The van der Waals surface area contributed by atoms with Crippen LogP contribution in [0.4, 0.5) is 0 Å². The molecular formula is C54H30O. The minimum atomic E-state index is 0.920. The maximum Gasteiger partial charge on any atom is 0.143 e. The predicted octanol–water partition coefficient (Wildman–Crippen LogP) is 15.5. The molecule has 0 N–H and O–H groups in total. The van der Waals surface area contributed by atoms with E-state index in [1.54, 1.807) is 0 Å². The molecule has 1 aromatic heterocycles. The van der Waals surface area contributed by atoms with Crippen molar-refractivity contribution in [1.29, 1.82) is 0 Å². The van der Waals surface area contributed by atoms with Gasteiger partial charge in [-0.2, -0.15) is 0 Å². The lowest BCUT2D eigenvalue weighted by Crippen LogP contribution is -1.90. The molecule has 0 amide bonds. The lowest BCUT2D eigenvalue weighted by atomic mass is 9.86. The Balaban J connectivity index is 1.16. The van der Waals surface area contributed by atoms with Crippen molar-refractivity contribution < 1.29 is 4.42 Å². The van der Waals surface area contributed by atoms with Crippen LogP contribution in [0.1, 0.15) is 0 Å². The highest BCUT2D eigenvalue weighted by Crippen LogP contribution is 2.48. The van der Waals surface area contributed by atoms with Gasteiger partial charge in [0.1, 0.15) is 11.2 Å². The first kappa shape index (κ1) is 29.3. The van der Waals surface area contributed by atoms with Crippen LogP contribution in [0.15, 0.2) is 186 Å². The van der Waals surface area contributed by atoms with Gasteiger partial charge in [-0.25, -0.2) is 0 Å². The van der Waals surface area contributed by atoms with Gasteiger partial charge in [-0.05, 0) is 116 Å². The van der Waals surface area contributed by atoms with Crippen LogP contribution in [-0.2, 0) is 0 Å². The van der Waals surface area contributed by atoms with Gasteiger partial charge in [-0.1, -0.05) is 164 Å². The van der Waals surface area contributed by atoms with Crippen molar-refractivity contribution in [2.24, 2.45) is 0 Å². The van der Waals surface area contributed by atoms with E-state index in [2.05, 4.69) is 182 Å². The number of hydrogen-bond acceptors (Lipinski definition) is 1. The fourth-order valence-corrected chi connectivity index (χ4v) is 9.88. The van der Waals surface area contributed by atoms with Crippen LogP contribution in [0.2, 0.25) is 0 Å². The van der Waals surface area contributed by atoms with Gasteiger partial charge < -0.3 is 4.42 Å².